The van der Waals surface area contributed by atoms with Gasteiger partial charge in [-0.25, -0.2) is 15.0 Å². The van der Waals surface area contributed by atoms with E-state index in [9.17, 15) is 0 Å². The molecule has 5 heterocycles. The number of ether oxygens (including phenoxy) is 1. The summed E-state index contributed by atoms with van der Waals surface area (Å²) in [6.45, 7) is 3.53. The lowest BCUT2D eigenvalue weighted by Crippen LogP contribution is -2.43. The molecule has 2 N–H and O–H groups in total. The van der Waals surface area contributed by atoms with Gasteiger partial charge in [-0.05, 0) is 25.7 Å². The zero-order valence-corrected chi connectivity index (χ0v) is 15.7. The van der Waals surface area contributed by atoms with Gasteiger partial charge in [-0.15, -0.1) is 0 Å². The molecule has 5 rings (SSSR count). The van der Waals surface area contributed by atoms with Gasteiger partial charge in [0, 0.05) is 38.7 Å². The van der Waals surface area contributed by atoms with Crippen molar-refractivity contribution >= 4 is 17.0 Å². The van der Waals surface area contributed by atoms with Gasteiger partial charge in [-0.2, -0.15) is 4.98 Å². The smallest absolute Gasteiger partial charge is 0.255 e. The number of nitrogens with zero attached hydrogens (tertiary/aromatic N) is 6. The minimum Gasteiger partial charge on any atom is -0.368 e. The normalized spacial score (nSPS) is 21.0. The Bertz CT molecular complexity index is 911. The van der Waals surface area contributed by atoms with E-state index in [-0.39, 0.29) is 6.10 Å². The molecule has 0 aromatic carbocycles. The van der Waals surface area contributed by atoms with Crippen LogP contribution in [0.15, 0.2) is 17.2 Å². The lowest BCUT2D eigenvalue weighted by atomic mass is 10.0. The zero-order valence-electron chi connectivity index (χ0n) is 15.7. The lowest BCUT2D eigenvalue weighted by molar-refractivity contribution is 0.0835. The SMILES string of the molecule is c1nc(N2CCC(NCCc3noc([C@@H]4CCCO4)n3)CC2)c2[nH]cnc2n1. The number of H-pyrrole nitrogens is 1. The van der Waals surface area contributed by atoms with E-state index >= 15 is 0 Å². The van der Waals surface area contributed by atoms with Crippen LogP contribution in [0.4, 0.5) is 5.82 Å². The molecule has 0 spiro atoms. The maximum Gasteiger partial charge on any atom is 0.255 e. The van der Waals surface area contributed by atoms with Crippen LogP contribution in [0.3, 0.4) is 0 Å². The van der Waals surface area contributed by atoms with E-state index < -0.39 is 0 Å². The molecule has 0 saturated carbocycles. The van der Waals surface area contributed by atoms with Gasteiger partial charge in [0.25, 0.3) is 5.89 Å². The summed E-state index contributed by atoms with van der Waals surface area (Å²) in [5, 5.41) is 7.70. The number of fused-ring (bicyclic) bond motifs is 1. The van der Waals surface area contributed by atoms with Crippen molar-refractivity contribution in [2.45, 2.75) is 44.2 Å². The Labute approximate surface area is 162 Å². The molecule has 0 unspecified atom stereocenters. The van der Waals surface area contributed by atoms with Crippen LogP contribution in [0.5, 0.6) is 0 Å². The molecule has 28 heavy (non-hydrogen) atoms. The van der Waals surface area contributed by atoms with Crippen molar-refractivity contribution in [3.05, 3.63) is 24.4 Å². The van der Waals surface area contributed by atoms with Gasteiger partial charge in [0.15, 0.2) is 17.3 Å². The Morgan fingerprint density at radius 3 is 2.96 bits per heavy atom. The van der Waals surface area contributed by atoms with Crippen molar-refractivity contribution in [3.63, 3.8) is 0 Å². The first-order chi connectivity index (χ1) is 13.9. The first-order valence-corrected chi connectivity index (χ1v) is 9.93. The van der Waals surface area contributed by atoms with Gasteiger partial charge in [0.2, 0.25) is 0 Å². The largest absolute Gasteiger partial charge is 0.368 e. The Morgan fingerprint density at radius 1 is 1.18 bits per heavy atom. The van der Waals surface area contributed by atoms with Crippen LogP contribution in [0.25, 0.3) is 11.2 Å². The topological polar surface area (TPSA) is 118 Å². The molecule has 3 aromatic rings. The van der Waals surface area contributed by atoms with Crippen molar-refractivity contribution in [2.24, 2.45) is 0 Å². The molecule has 0 amide bonds. The van der Waals surface area contributed by atoms with Crippen LogP contribution in [0.1, 0.15) is 43.5 Å². The lowest BCUT2D eigenvalue weighted by Gasteiger charge is -2.33. The van der Waals surface area contributed by atoms with E-state index in [1.807, 2.05) is 0 Å². The molecule has 148 valence electrons. The van der Waals surface area contributed by atoms with Crippen molar-refractivity contribution in [2.75, 3.05) is 31.1 Å². The summed E-state index contributed by atoms with van der Waals surface area (Å²) in [7, 11) is 0. The second-order valence-corrected chi connectivity index (χ2v) is 7.31. The fourth-order valence-corrected chi connectivity index (χ4v) is 3.95. The molecule has 2 saturated heterocycles. The van der Waals surface area contributed by atoms with Crippen LogP contribution in [-0.4, -0.2) is 62.4 Å². The number of imidazole rings is 1. The fourth-order valence-electron chi connectivity index (χ4n) is 3.95. The van der Waals surface area contributed by atoms with E-state index in [2.05, 4.69) is 40.3 Å². The summed E-state index contributed by atoms with van der Waals surface area (Å²) in [5.74, 6) is 2.31. The minimum atomic E-state index is -0.0123. The average molecular weight is 384 g/mol. The van der Waals surface area contributed by atoms with Crippen molar-refractivity contribution in [1.82, 2.24) is 35.4 Å². The van der Waals surface area contributed by atoms with Crippen LogP contribution >= 0.6 is 0 Å². The number of nitrogens with one attached hydrogen (secondary N) is 2. The molecule has 0 radical (unpaired) electrons. The molecule has 10 nitrogen and oxygen atoms in total. The first kappa shape index (κ1) is 17.5. The highest BCUT2D eigenvalue weighted by Crippen LogP contribution is 2.27. The third-order valence-electron chi connectivity index (χ3n) is 5.47. The molecule has 2 aliphatic heterocycles. The molecule has 1 atom stereocenters. The summed E-state index contributed by atoms with van der Waals surface area (Å²) in [6, 6.07) is 0.486. The summed E-state index contributed by atoms with van der Waals surface area (Å²) >= 11 is 0. The summed E-state index contributed by atoms with van der Waals surface area (Å²) in [6.07, 6.45) is 8.15. The van der Waals surface area contributed by atoms with Gasteiger partial charge < -0.3 is 24.5 Å². The number of aromatic nitrogens is 6. The summed E-state index contributed by atoms with van der Waals surface area (Å²) < 4.78 is 10.9. The van der Waals surface area contributed by atoms with E-state index in [0.29, 0.717) is 17.6 Å². The molecule has 3 aromatic heterocycles. The predicted octanol–water partition coefficient (Wildman–Crippen LogP) is 1.39. The molecule has 0 bridgehead atoms. The standard InChI is InChI=1S/C18H24N8O2/c1-2-13(27-9-1)18-24-14(25-28-18)3-6-19-12-4-7-26(8-5-12)17-15-16(21-10-20-15)22-11-23-17/h10-13,19H,1-9H2,(H,20,21,22,23)/t13-/m0/s1. The van der Waals surface area contributed by atoms with Gasteiger partial charge in [-0.1, -0.05) is 5.16 Å². The monoisotopic (exact) mass is 384 g/mol. The maximum absolute atomic E-state index is 5.59. The highest BCUT2D eigenvalue weighted by Gasteiger charge is 2.24. The fraction of sp³-hybridized carbons (Fsp3) is 0.611. The number of aromatic amines is 1. The Balaban J connectivity index is 1.10. The average Bonchev–Trinajstić information content (AvgIpc) is 3.48. The van der Waals surface area contributed by atoms with Crippen LogP contribution in [0.2, 0.25) is 0 Å². The molecule has 0 aliphatic carbocycles. The van der Waals surface area contributed by atoms with Crippen molar-refractivity contribution in [1.29, 1.82) is 0 Å². The van der Waals surface area contributed by atoms with E-state index in [1.165, 1.54) is 0 Å². The number of hydrogen-bond acceptors (Lipinski definition) is 9. The first-order valence-electron chi connectivity index (χ1n) is 9.93. The maximum atomic E-state index is 5.59. The molecule has 2 fully saturated rings. The molecular weight excluding hydrogens is 360 g/mol. The number of anilines is 1. The van der Waals surface area contributed by atoms with Crippen molar-refractivity contribution < 1.29 is 9.26 Å². The van der Waals surface area contributed by atoms with Gasteiger partial charge in [-0.3, -0.25) is 0 Å². The summed E-state index contributed by atoms with van der Waals surface area (Å²) in [5.41, 5.74) is 1.63. The van der Waals surface area contributed by atoms with Crippen molar-refractivity contribution in [3.8, 4) is 0 Å². The third kappa shape index (κ3) is 3.57. The highest BCUT2D eigenvalue weighted by molar-refractivity contribution is 5.82. The number of piperidine rings is 1. The molecule has 2 aliphatic rings. The Kier molecular flexibility index (Phi) is 4.88. The third-order valence-corrected chi connectivity index (χ3v) is 5.47. The summed E-state index contributed by atoms with van der Waals surface area (Å²) in [4.78, 5) is 22.8. The van der Waals surface area contributed by atoms with Crippen LogP contribution in [-0.2, 0) is 11.2 Å². The molecule has 10 heteroatoms. The second kappa shape index (κ2) is 7.80. The minimum absolute atomic E-state index is 0.0123. The number of hydrogen-bond donors (Lipinski definition) is 2. The quantitative estimate of drug-likeness (QED) is 0.650. The Morgan fingerprint density at radius 2 is 2.11 bits per heavy atom. The van der Waals surface area contributed by atoms with Crippen LogP contribution < -0.4 is 10.2 Å². The van der Waals surface area contributed by atoms with E-state index in [0.717, 1.165) is 75.5 Å². The van der Waals surface area contributed by atoms with Gasteiger partial charge in [0.05, 0.1) is 6.33 Å². The predicted molar refractivity (Wildman–Crippen MR) is 101 cm³/mol. The van der Waals surface area contributed by atoms with Crippen LogP contribution in [0, 0.1) is 0 Å². The number of rotatable bonds is 6. The Hall–Kier alpha value is -2.59. The van der Waals surface area contributed by atoms with Gasteiger partial charge in [0.1, 0.15) is 17.9 Å². The van der Waals surface area contributed by atoms with E-state index in [4.69, 9.17) is 9.26 Å². The molecular formula is C18H24N8O2. The van der Waals surface area contributed by atoms with Gasteiger partial charge >= 0.3 is 0 Å². The zero-order chi connectivity index (χ0) is 18.8. The highest BCUT2D eigenvalue weighted by atomic mass is 16.5. The van der Waals surface area contributed by atoms with E-state index in [1.54, 1.807) is 12.7 Å². The second-order valence-electron chi connectivity index (χ2n) is 7.31.